The number of carbonyl (C=O) groups is 1. The van der Waals surface area contributed by atoms with Crippen LogP contribution < -0.4 is 4.90 Å². The van der Waals surface area contributed by atoms with Gasteiger partial charge in [0.1, 0.15) is 0 Å². The molecule has 0 unspecified atom stereocenters. The van der Waals surface area contributed by atoms with E-state index in [4.69, 9.17) is 9.47 Å². The highest BCUT2D eigenvalue weighted by Crippen LogP contribution is 2.27. The number of para-hydroxylation sites is 1. The van der Waals surface area contributed by atoms with Crippen molar-refractivity contribution in [1.29, 1.82) is 0 Å². The van der Waals surface area contributed by atoms with E-state index in [2.05, 4.69) is 36.1 Å². The average molecular weight is 346 g/mol. The van der Waals surface area contributed by atoms with Crippen molar-refractivity contribution in [2.75, 3.05) is 44.9 Å². The summed E-state index contributed by atoms with van der Waals surface area (Å²) in [6.07, 6.45) is 2.88. The zero-order chi connectivity index (χ0) is 17.6. The van der Waals surface area contributed by atoms with Crippen LogP contribution in [0.3, 0.4) is 0 Å². The van der Waals surface area contributed by atoms with Crippen molar-refractivity contribution in [2.45, 2.75) is 38.8 Å². The largest absolute Gasteiger partial charge is 0.378 e. The summed E-state index contributed by atoms with van der Waals surface area (Å²) in [7, 11) is 1.92. The monoisotopic (exact) mass is 346 g/mol. The molecule has 0 aliphatic carbocycles. The van der Waals surface area contributed by atoms with Crippen LogP contribution in [0.2, 0.25) is 0 Å². The molecule has 0 radical (unpaired) electrons. The molecule has 3 rings (SSSR count). The molecule has 2 aliphatic rings. The third kappa shape index (κ3) is 4.33. The summed E-state index contributed by atoms with van der Waals surface area (Å²) in [6.45, 7) is 6.86. The highest BCUT2D eigenvalue weighted by Gasteiger charge is 2.32. The molecular formula is C20H30N2O3. The molecule has 1 aromatic carbocycles. The third-order valence-electron chi connectivity index (χ3n) is 5.29. The Bertz CT molecular complexity index is 572. The Balaban J connectivity index is 1.70. The third-order valence-corrected chi connectivity index (χ3v) is 5.29. The molecule has 138 valence electrons. The van der Waals surface area contributed by atoms with Crippen molar-refractivity contribution in [3.8, 4) is 0 Å². The first-order valence-corrected chi connectivity index (χ1v) is 9.48. The second-order valence-corrected chi connectivity index (χ2v) is 6.99. The molecule has 0 spiro atoms. The van der Waals surface area contributed by atoms with Gasteiger partial charge in [-0.1, -0.05) is 25.1 Å². The Morgan fingerprint density at radius 2 is 2.00 bits per heavy atom. The maximum absolute atomic E-state index is 13.0. The van der Waals surface area contributed by atoms with Crippen LogP contribution in [0.4, 0.5) is 5.69 Å². The van der Waals surface area contributed by atoms with Crippen molar-refractivity contribution in [3.05, 3.63) is 29.8 Å². The lowest BCUT2D eigenvalue weighted by molar-refractivity contribution is -0.144. The van der Waals surface area contributed by atoms with Crippen LogP contribution in [-0.2, 0) is 20.8 Å². The maximum Gasteiger partial charge on any atom is 0.228 e. The number of hydrogen-bond donors (Lipinski definition) is 0. The summed E-state index contributed by atoms with van der Waals surface area (Å²) < 4.78 is 11.3. The molecular weight excluding hydrogens is 316 g/mol. The molecule has 2 heterocycles. The lowest BCUT2D eigenvalue weighted by Gasteiger charge is -2.34. The smallest absolute Gasteiger partial charge is 0.228 e. The molecule has 1 amide bonds. The second kappa shape index (κ2) is 8.68. The van der Waals surface area contributed by atoms with E-state index < -0.39 is 0 Å². The fraction of sp³-hybridized carbons (Fsp3) is 0.650. The van der Waals surface area contributed by atoms with Crippen molar-refractivity contribution in [2.24, 2.45) is 5.92 Å². The van der Waals surface area contributed by atoms with Gasteiger partial charge in [-0.3, -0.25) is 4.79 Å². The SMILES string of the molecule is CC[C@H]1OCCC[C@@H]1C(=O)N(C)Cc1ccccc1N1CCOCC1. The normalized spacial score (nSPS) is 24.2. The molecule has 2 aliphatic heterocycles. The van der Waals surface area contributed by atoms with Crippen LogP contribution in [0.25, 0.3) is 0 Å². The van der Waals surface area contributed by atoms with Crippen molar-refractivity contribution >= 4 is 11.6 Å². The van der Waals surface area contributed by atoms with E-state index in [0.29, 0.717) is 6.54 Å². The summed E-state index contributed by atoms with van der Waals surface area (Å²) in [5.41, 5.74) is 2.42. The topological polar surface area (TPSA) is 42.0 Å². The van der Waals surface area contributed by atoms with E-state index in [1.807, 2.05) is 11.9 Å². The molecule has 25 heavy (non-hydrogen) atoms. The first-order valence-electron chi connectivity index (χ1n) is 9.48. The number of nitrogens with zero attached hydrogens (tertiary/aromatic N) is 2. The highest BCUT2D eigenvalue weighted by molar-refractivity contribution is 5.79. The van der Waals surface area contributed by atoms with Gasteiger partial charge in [0.05, 0.1) is 25.2 Å². The number of hydrogen-bond acceptors (Lipinski definition) is 4. The minimum absolute atomic E-state index is 0.000649. The van der Waals surface area contributed by atoms with Gasteiger partial charge < -0.3 is 19.3 Å². The minimum Gasteiger partial charge on any atom is -0.378 e. The predicted molar refractivity (Wildman–Crippen MR) is 98.7 cm³/mol. The van der Waals surface area contributed by atoms with Gasteiger partial charge in [-0.25, -0.2) is 0 Å². The lowest BCUT2D eigenvalue weighted by atomic mass is 9.91. The molecule has 2 fully saturated rings. The van der Waals surface area contributed by atoms with E-state index in [1.54, 1.807) is 0 Å². The summed E-state index contributed by atoms with van der Waals surface area (Å²) in [4.78, 5) is 17.2. The summed E-state index contributed by atoms with van der Waals surface area (Å²) >= 11 is 0. The van der Waals surface area contributed by atoms with Crippen LogP contribution in [0.1, 0.15) is 31.7 Å². The minimum atomic E-state index is -0.000649. The van der Waals surface area contributed by atoms with Gasteiger partial charge in [-0.15, -0.1) is 0 Å². The average Bonchev–Trinajstić information content (AvgIpc) is 2.68. The van der Waals surface area contributed by atoms with Gasteiger partial charge in [0, 0.05) is 39.0 Å². The summed E-state index contributed by atoms with van der Waals surface area (Å²) in [5.74, 6) is 0.211. The predicted octanol–water partition coefficient (Wildman–Crippen LogP) is 2.69. The molecule has 5 nitrogen and oxygen atoms in total. The Labute approximate surface area is 150 Å². The number of morpholine rings is 1. The number of carbonyl (C=O) groups excluding carboxylic acids is 1. The van der Waals surface area contributed by atoms with Crippen molar-refractivity contribution < 1.29 is 14.3 Å². The fourth-order valence-corrected chi connectivity index (χ4v) is 3.90. The van der Waals surface area contributed by atoms with E-state index in [-0.39, 0.29) is 17.9 Å². The number of anilines is 1. The van der Waals surface area contributed by atoms with E-state index in [1.165, 1.54) is 11.3 Å². The van der Waals surface area contributed by atoms with Crippen molar-refractivity contribution in [3.63, 3.8) is 0 Å². The second-order valence-electron chi connectivity index (χ2n) is 6.99. The Hall–Kier alpha value is -1.59. The van der Waals surface area contributed by atoms with Crippen LogP contribution in [0, 0.1) is 5.92 Å². The molecule has 2 atom stereocenters. The van der Waals surface area contributed by atoms with Crippen LogP contribution in [0.15, 0.2) is 24.3 Å². The van der Waals surface area contributed by atoms with Gasteiger partial charge in [0.15, 0.2) is 0 Å². The van der Waals surface area contributed by atoms with Gasteiger partial charge in [0.25, 0.3) is 0 Å². The first-order chi connectivity index (χ1) is 12.2. The number of ether oxygens (including phenoxy) is 2. The standard InChI is InChI=1S/C20H30N2O3/c1-3-19-17(8-6-12-25-19)20(23)21(2)15-16-7-4-5-9-18(16)22-10-13-24-14-11-22/h4-5,7,9,17,19H,3,6,8,10-15H2,1-2H3/t17-,19+/m0/s1. The van der Waals surface area contributed by atoms with Gasteiger partial charge in [-0.2, -0.15) is 0 Å². The lowest BCUT2D eigenvalue weighted by Crippen LogP contribution is -2.42. The van der Waals surface area contributed by atoms with E-state index in [9.17, 15) is 4.79 Å². The quantitative estimate of drug-likeness (QED) is 0.822. The van der Waals surface area contributed by atoms with Gasteiger partial charge >= 0.3 is 0 Å². The maximum atomic E-state index is 13.0. The Kier molecular flexibility index (Phi) is 6.32. The number of benzene rings is 1. The molecule has 2 saturated heterocycles. The van der Waals surface area contributed by atoms with Crippen LogP contribution in [0.5, 0.6) is 0 Å². The first kappa shape index (κ1) is 18.2. The number of amides is 1. The molecule has 1 aromatic rings. The van der Waals surface area contributed by atoms with E-state index >= 15 is 0 Å². The van der Waals surface area contributed by atoms with Gasteiger partial charge in [-0.05, 0) is 30.9 Å². The highest BCUT2D eigenvalue weighted by atomic mass is 16.5. The zero-order valence-corrected chi connectivity index (χ0v) is 15.4. The fourth-order valence-electron chi connectivity index (χ4n) is 3.90. The molecule has 0 N–H and O–H groups in total. The summed E-state index contributed by atoms with van der Waals surface area (Å²) in [5, 5.41) is 0. The van der Waals surface area contributed by atoms with Gasteiger partial charge in [0.2, 0.25) is 5.91 Å². The molecule has 0 bridgehead atoms. The zero-order valence-electron chi connectivity index (χ0n) is 15.4. The van der Waals surface area contributed by atoms with E-state index in [0.717, 1.165) is 52.2 Å². The molecule has 0 aromatic heterocycles. The van der Waals surface area contributed by atoms with Crippen LogP contribution in [-0.4, -0.2) is 56.9 Å². The molecule has 5 heteroatoms. The Morgan fingerprint density at radius 1 is 1.24 bits per heavy atom. The number of rotatable bonds is 5. The van der Waals surface area contributed by atoms with Crippen molar-refractivity contribution in [1.82, 2.24) is 4.90 Å². The Morgan fingerprint density at radius 3 is 2.76 bits per heavy atom. The summed E-state index contributed by atoms with van der Waals surface area (Å²) in [6, 6.07) is 8.40. The molecule has 0 saturated carbocycles. The van der Waals surface area contributed by atoms with Crippen LogP contribution >= 0.6 is 0 Å².